The van der Waals surface area contributed by atoms with Crippen LogP contribution in [0.25, 0.3) is 0 Å². The summed E-state index contributed by atoms with van der Waals surface area (Å²) >= 11 is 0. The predicted octanol–water partition coefficient (Wildman–Crippen LogP) is 2.19. The van der Waals surface area contributed by atoms with E-state index in [4.69, 9.17) is 0 Å². The average Bonchev–Trinajstić information content (AvgIpc) is 3.03. The molecule has 0 radical (unpaired) electrons. The van der Waals surface area contributed by atoms with Gasteiger partial charge >= 0.3 is 0 Å². The van der Waals surface area contributed by atoms with Crippen molar-refractivity contribution < 1.29 is 0 Å². The predicted molar refractivity (Wildman–Crippen MR) is 66.6 cm³/mol. The Morgan fingerprint density at radius 2 is 2.00 bits per heavy atom. The van der Waals surface area contributed by atoms with Crippen LogP contribution in [0.4, 0.5) is 0 Å². The van der Waals surface area contributed by atoms with E-state index in [1.807, 2.05) is 0 Å². The van der Waals surface area contributed by atoms with Crippen molar-refractivity contribution in [2.75, 3.05) is 19.6 Å². The third-order valence-corrected chi connectivity index (χ3v) is 3.91. The molecule has 2 aliphatic heterocycles. The van der Waals surface area contributed by atoms with Crippen LogP contribution in [0.3, 0.4) is 0 Å². The molecule has 3 rings (SSSR count). The maximum Gasteiger partial charge on any atom is 0.0320 e. The number of benzene rings is 1. The van der Waals surface area contributed by atoms with Gasteiger partial charge in [0.25, 0.3) is 0 Å². The van der Waals surface area contributed by atoms with Gasteiger partial charge in [-0.05, 0) is 49.4 Å². The van der Waals surface area contributed by atoms with Gasteiger partial charge < -0.3 is 10.6 Å². The molecule has 16 heavy (non-hydrogen) atoms. The fraction of sp³-hybridized carbons (Fsp3) is 0.571. The molecule has 2 N–H and O–H groups in total. The highest BCUT2D eigenvalue weighted by atomic mass is 14.9. The highest BCUT2D eigenvalue weighted by molar-refractivity contribution is 5.30. The molecule has 1 aromatic rings. The van der Waals surface area contributed by atoms with Crippen molar-refractivity contribution in [3.63, 3.8) is 0 Å². The van der Waals surface area contributed by atoms with Crippen LogP contribution in [-0.2, 0) is 0 Å². The molecule has 0 aliphatic carbocycles. The van der Waals surface area contributed by atoms with E-state index in [0.717, 1.165) is 12.5 Å². The van der Waals surface area contributed by atoms with E-state index in [9.17, 15) is 0 Å². The molecule has 2 aliphatic rings. The lowest BCUT2D eigenvalue weighted by Crippen LogP contribution is -2.13. The zero-order chi connectivity index (χ0) is 10.8. The third-order valence-electron chi connectivity index (χ3n) is 3.91. The van der Waals surface area contributed by atoms with Gasteiger partial charge in [-0.3, -0.25) is 0 Å². The second kappa shape index (κ2) is 4.56. The average molecular weight is 216 g/mol. The smallest absolute Gasteiger partial charge is 0.0320 e. The van der Waals surface area contributed by atoms with E-state index in [0.29, 0.717) is 6.04 Å². The second-order valence-corrected chi connectivity index (χ2v) is 5.01. The van der Waals surface area contributed by atoms with Gasteiger partial charge in [0.15, 0.2) is 0 Å². The van der Waals surface area contributed by atoms with Gasteiger partial charge in [-0.2, -0.15) is 0 Å². The lowest BCUT2D eigenvalue weighted by atomic mass is 9.94. The van der Waals surface area contributed by atoms with Crippen molar-refractivity contribution in [1.29, 1.82) is 0 Å². The van der Waals surface area contributed by atoms with E-state index in [-0.39, 0.29) is 0 Å². The van der Waals surface area contributed by atoms with Crippen LogP contribution >= 0.6 is 0 Å². The Labute approximate surface area is 97.4 Å². The van der Waals surface area contributed by atoms with Gasteiger partial charge in [-0.15, -0.1) is 0 Å². The highest BCUT2D eigenvalue weighted by Crippen LogP contribution is 2.28. The van der Waals surface area contributed by atoms with Crippen molar-refractivity contribution in [1.82, 2.24) is 10.6 Å². The summed E-state index contributed by atoms with van der Waals surface area (Å²) in [6, 6.07) is 9.81. The first-order valence-corrected chi connectivity index (χ1v) is 6.47. The first-order valence-electron chi connectivity index (χ1n) is 6.47. The van der Waals surface area contributed by atoms with Gasteiger partial charge in [-0.1, -0.05) is 24.3 Å². The van der Waals surface area contributed by atoms with E-state index >= 15 is 0 Å². The number of hydrogen-bond donors (Lipinski definition) is 2. The molecule has 2 nitrogen and oxygen atoms in total. The minimum Gasteiger partial charge on any atom is -0.316 e. The van der Waals surface area contributed by atoms with Gasteiger partial charge in [0.05, 0.1) is 0 Å². The fourth-order valence-corrected chi connectivity index (χ4v) is 2.94. The fourth-order valence-electron chi connectivity index (χ4n) is 2.94. The van der Waals surface area contributed by atoms with Gasteiger partial charge in [-0.25, -0.2) is 0 Å². The Hall–Kier alpha value is -0.860. The van der Waals surface area contributed by atoms with Crippen LogP contribution in [0.2, 0.25) is 0 Å². The zero-order valence-electron chi connectivity index (χ0n) is 9.71. The maximum atomic E-state index is 3.58. The van der Waals surface area contributed by atoms with Crippen LogP contribution in [0.5, 0.6) is 0 Å². The van der Waals surface area contributed by atoms with Crippen LogP contribution < -0.4 is 10.6 Å². The molecule has 0 aromatic heterocycles. The molecule has 0 bridgehead atoms. The molecule has 2 unspecified atom stereocenters. The highest BCUT2D eigenvalue weighted by Gasteiger charge is 2.19. The van der Waals surface area contributed by atoms with Crippen molar-refractivity contribution in [2.24, 2.45) is 0 Å². The first kappa shape index (κ1) is 10.3. The van der Waals surface area contributed by atoms with E-state index in [2.05, 4.69) is 34.9 Å². The summed E-state index contributed by atoms with van der Waals surface area (Å²) in [5.74, 6) is 0.737. The number of hydrogen-bond acceptors (Lipinski definition) is 2. The molecule has 86 valence electrons. The third kappa shape index (κ3) is 2.00. The van der Waals surface area contributed by atoms with Gasteiger partial charge in [0.2, 0.25) is 0 Å². The molecular weight excluding hydrogens is 196 g/mol. The molecule has 2 heterocycles. The number of nitrogens with one attached hydrogen (secondary N) is 2. The molecule has 1 aromatic carbocycles. The molecule has 2 heteroatoms. The van der Waals surface area contributed by atoms with Gasteiger partial charge in [0, 0.05) is 12.6 Å². The summed E-state index contributed by atoms with van der Waals surface area (Å²) in [6.45, 7) is 3.51. The lowest BCUT2D eigenvalue weighted by molar-refractivity contribution is 0.644. The molecule has 2 fully saturated rings. The quantitative estimate of drug-likeness (QED) is 0.792. The topological polar surface area (TPSA) is 24.1 Å². The molecule has 2 atom stereocenters. The van der Waals surface area contributed by atoms with Crippen molar-refractivity contribution in [3.8, 4) is 0 Å². The van der Waals surface area contributed by atoms with Crippen molar-refractivity contribution in [2.45, 2.75) is 31.2 Å². The summed E-state index contributed by atoms with van der Waals surface area (Å²) in [7, 11) is 0. The lowest BCUT2D eigenvalue weighted by Gasteiger charge is -2.14. The largest absolute Gasteiger partial charge is 0.316 e. The van der Waals surface area contributed by atoms with E-state index in [1.54, 1.807) is 0 Å². The minimum atomic E-state index is 0.606. The Balaban J connectivity index is 1.81. The standard InChI is InChI=1S/C14H20N2/c1-3-11(13-6-8-15-10-13)9-12(4-1)14-5-2-7-16-14/h1,3-4,9,13-16H,2,5-8,10H2. The Morgan fingerprint density at radius 3 is 2.75 bits per heavy atom. The van der Waals surface area contributed by atoms with E-state index < -0.39 is 0 Å². The first-order chi connectivity index (χ1) is 7.93. The van der Waals surface area contributed by atoms with Crippen LogP contribution in [0.15, 0.2) is 24.3 Å². The molecule has 0 saturated carbocycles. The summed E-state index contributed by atoms with van der Waals surface area (Å²) in [4.78, 5) is 0. The minimum absolute atomic E-state index is 0.606. The van der Waals surface area contributed by atoms with Crippen LogP contribution in [0, 0.1) is 0 Å². The molecule has 2 saturated heterocycles. The Morgan fingerprint density at radius 1 is 1.06 bits per heavy atom. The SMILES string of the molecule is c1cc(C2CCNC2)cc(C2CCCN2)c1. The normalized spacial score (nSPS) is 29.8. The second-order valence-electron chi connectivity index (χ2n) is 5.01. The summed E-state index contributed by atoms with van der Waals surface area (Å²) in [6.07, 6.45) is 3.91. The van der Waals surface area contributed by atoms with Gasteiger partial charge in [0.1, 0.15) is 0 Å². The maximum absolute atomic E-state index is 3.58. The number of rotatable bonds is 2. The summed E-state index contributed by atoms with van der Waals surface area (Å²) in [5, 5.41) is 7.02. The molecule has 0 amide bonds. The molecular formula is C14H20N2. The zero-order valence-corrected chi connectivity index (χ0v) is 9.71. The Bertz CT molecular complexity index is 318. The Kier molecular flexibility index (Phi) is 2.94. The van der Waals surface area contributed by atoms with Crippen molar-refractivity contribution >= 4 is 0 Å². The summed E-state index contributed by atoms with van der Waals surface area (Å²) < 4.78 is 0. The van der Waals surface area contributed by atoms with Crippen LogP contribution in [0.1, 0.15) is 42.3 Å². The van der Waals surface area contributed by atoms with Crippen LogP contribution in [-0.4, -0.2) is 19.6 Å². The van der Waals surface area contributed by atoms with Crippen molar-refractivity contribution in [3.05, 3.63) is 35.4 Å². The van der Waals surface area contributed by atoms with E-state index in [1.165, 1.54) is 43.5 Å². The monoisotopic (exact) mass is 216 g/mol. The summed E-state index contributed by atoms with van der Waals surface area (Å²) in [5.41, 5.74) is 3.01. The molecule has 0 spiro atoms.